The minimum absolute atomic E-state index is 0.405. The van der Waals surface area contributed by atoms with E-state index < -0.39 is 0 Å². The number of morpholine rings is 1. The highest BCUT2D eigenvalue weighted by atomic mass is 16.5. The van der Waals surface area contributed by atoms with Crippen LogP contribution < -0.4 is 5.32 Å². The summed E-state index contributed by atoms with van der Waals surface area (Å²) in [6, 6.07) is 0. The predicted molar refractivity (Wildman–Crippen MR) is 68.9 cm³/mol. The van der Waals surface area contributed by atoms with Gasteiger partial charge in [0, 0.05) is 19.6 Å². The standard InChI is InChI=1S/C13H28N2O/c1-3-5-6-8-15-9-10-16-13(12-15)11-14-7-4-2/h13-14H,3-12H2,1-2H3/t13-/m0/s1. The van der Waals surface area contributed by atoms with E-state index in [1.54, 1.807) is 0 Å². The Labute approximate surface area is 101 Å². The van der Waals surface area contributed by atoms with E-state index in [1.807, 2.05) is 0 Å². The number of unbranched alkanes of at least 4 members (excludes halogenated alkanes) is 2. The highest BCUT2D eigenvalue weighted by Gasteiger charge is 2.19. The summed E-state index contributed by atoms with van der Waals surface area (Å²) in [5.74, 6) is 0. The van der Waals surface area contributed by atoms with Crippen LogP contribution in [0.15, 0.2) is 0 Å². The molecule has 0 unspecified atom stereocenters. The Kier molecular flexibility index (Phi) is 7.81. The SMILES string of the molecule is CCCCCN1CCO[C@@H](CNCCC)C1. The van der Waals surface area contributed by atoms with Crippen LogP contribution in [0.4, 0.5) is 0 Å². The van der Waals surface area contributed by atoms with Crippen LogP contribution in [0.2, 0.25) is 0 Å². The topological polar surface area (TPSA) is 24.5 Å². The average Bonchev–Trinajstić information content (AvgIpc) is 2.30. The minimum Gasteiger partial charge on any atom is -0.374 e. The van der Waals surface area contributed by atoms with Gasteiger partial charge in [0.25, 0.3) is 0 Å². The lowest BCUT2D eigenvalue weighted by Gasteiger charge is -2.33. The van der Waals surface area contributed by atoms with Gasteiger partial charge in [0.1, 0.15) is 0 Å². The van der Waals surface area contributed by atoms with Gasteiger partial charge in [-0.3, -0.25) is 4.90 Å². The van der Waals surface area contributed by atoms with Crippen molar-refractivity contribution >= 4 is 0 Å². The van der Waals surface area contributed by atoms with Crippen molar-refractivity contribution in [2.24, 2.45) is 0 Å². The normalized spacial score (nSPS) is 22.5. The Morgan fingerprint density at radius 1 is 1.25 bits per heavy atom. The quantitative estimate of drug-likeness (QED) is 0.642. The van der Waals surface area contributed by atoms with Gasteiger partial charge in [0.05, 0.1) is 12.7 Å². The van der Waals surface area contributed by atoms with Crippen LogP contribution in [-0.2, 0) is 4.74 Å². The molecule has 0 saturated carbocycles. The third kappa shape index (κ3) is 5.83. The fourth-order valence-electron chi connectivity index (χ4n) is 2.13. The monoisotopic (exact) mass is 228 g/mol. The fourth-order valence-corrected chi connectivity index (χ4v) is 2.13. The first-order valence-corrected chi connectivity index (χ1v) is 6.91. The van der Waals surface area contributed by atoms with E-state index in [0.717, 1.165) is 32.8 Å². The van der Waals surface area contributed by atoms with E-state index in [0.29, 0.717) is 6.10 Å². The Morgan fingerprint density at radius 2 is 2.12 bits per heavy atom. The molecule has 1 rings (SSSR count). The smallest absolute Gasteiger partial charge is 0.0826 e. The summed E-state index contributed by atoms with van der Waals surface area (Å²) in [6.07, 6.45) is 5.61. The van der Waals surface area contributed by atoms with E-state index in [-0.39, 0.29) is 0 Å². The lowest BCUT2D eigenvalue weighted by molar-refractivity contribution is -0.0273. The second kappa shape index (κ2) is 8.97. The lowest BCUT2D eigenvalue weighted by Crippen LogP contribution is -2.46. The van der Waals surface area contributed by atoms with Crippen molar-refractivity contribution in [2.75, 3.05) is 39.3 Å². The molecule has 1 atom stereocenters. The van der Waals surface area contributed by atoms with E-state index in [1.165, 1.54) is 32.2 Å². The molecule has 0 spiro atoms. The molecule has 0 amide bonds. The van der Waals surface area contributed by atoms with Crippen molar-refractivity contribution in [1.82, 2.24) is 10.2 Å². The summed E-state index contributed by atoms with van der Waals surface area (Å²) in [7, 11) is 0. The van der Waals surface area contributed by atoms with E-state index in [2.05, 4.69) is 24.1 Å². The van der Waals surface area contributed by atoms with Crippen molar-refractivity contribution < 1.29 is 4.74 Å². The highest BCUT2D eigenvalue weighted by molar-refractivity contribution is 4.73. The summed E-state index contributed by atoms with van der Waals surface area (Å²) < 4.78 is 5.76. The van der Waals surface area contributed by atoms with Gasteiger partial charge in [-0.15, -0.1) is 0 Å². The molecule has 0 aromatic rings. The van der Waals surface area contributed by atoms with E-state index in [9.17, 15) is 0 Å². The number of rotatable bonds is 8. The Balaban J connectivity index is 2.09. The molecule has 0 bridgehead atoms. The van der Waals surface area contributed by atoms with Crippen LogP contribution in [0.3, 0.4) is 0 Å². The molecular formula is C13H28N2O. The third-order valence-corrected chi connectivity index (χ3v) is 3.10. The van der Waals surface area contributed by atoms with Crippen molar-refractivity contribution in [3.05, 3.63) is 0 Å². The van der Waals surface area contributed by atoms with Gasteiger partial charge in [-0.2, -0.15) is 0 Å². The van der Waals surface area contributed by atoms with Gasteiger partial charge >= 0.3 is 0 Å². The fraction of sp³-hybridized carbons (Fsp3) is 1.00. The van der Waals surface area contributed by atoms with E-state index >= 15 is 0 Å². The summed E-state index contributed by atoms with van der Waals surface area (Å²) in [5.41, 5.74) is 0. The van der Waals surface area contributed by atoms with Gasteiger partial charge in [-0.25, -0.2) is 0 Å². The molecule has 1 saturated heterocycles. The zero-order chi connectivity index (χ0) is 11.6. The van der Waals surface area contributed by atoms with Gasteiger partial charge in [0.15, 0.2) is 0 Å². The second-order valence-corrected chi connectivity index (χ2v) is 4.70. The minimum atomic E-state index is 0.405. The van der Waals surface area contributed by atoms with Gasteiger partial charge in [0.2, 0.25) is 0 Å². The number of hydrogen-bond acceptors (Lipinski definition) is 3. The molecule has 0 aromatic heterocycles. The zero-order valence-corrected chi connectivity index (χ0v) is 11.0. The molecule has 96 valence electrons. The zero-order valence-electron chi connectivity index (χ0n) is 11.0. The third-order valence-electron chi connectivity index (χ3n) is 3.10. The Bertz CT molecular complexity index is 148. The first-order chi connectivity index (χ1) is 7.86. The molecule has 1 heterocycles. The molecule has 0 radical (unpaired) electrons. The lowest BCUT2D eigenvalue weighted by atomic mass is 10.2. The Hall–Kier alpha value is -0.120. The number of ether oxygens (including phenoxy) is 1. The number of nitrogens with one attached hydrogen (secondary N) is 1. The average molecular weight is 228 g/mol. The molecule has 16 heavy (non-hydrogen) atoms. The second-order valence-electron chi connectivity index (χ2n) is 4.70. The van der Waals surface area contributed by atoms with Crippen LogP contribution in [0, 0.1) is 0 Å². The number of hydrogen-bond donors (Lipinski definition) is 1. The summed E-state index contributed by atoms with van der Waals surface area (Å²) in [6.45, 7) is 11.0. The van der Waals surface area contributed by atoms with Crippen LogP contribution >= 0.6 is 0 Å². The largest absolute Gasteiger partial charge is 0.374 e. The summed E-state index contributed by atoms with van der Waals surface area (Å²) >= 11 is 0. The summed E-state index contributed by atoms with van der Waals surface area (Å²) in [5, 5.41) is 3.44. The maximum Gasteiger partial charge on any atom is 0.0826 e. The van der Waals surface area contributed by atoms with Crippen molar-refractivity contribution in [3.63, 3.8) is 0 Å². The van der Waals surface area contributed by atoms with Crippen LogP contribution in [0.5, 0.6) is 0 Å². The molecular weight excluding hydrogens is 200 g/mol. The van der Waals surface area contributed by atoms with Crippen molar-refractivity contribution in [1.29, 1.82) is 0 Å². The Morgan fingerprint density at radius 3 is 2.88 bits per heavy atom. The van der Waals surface area contributed by atoms with E-state index in [4.69, 9.17) is 4.74 Å². The van der Waals surface area contributed by atoms with Crippen molar-refractivity contribution in [3.8, 4) is 0 Å². The van der Waals surface area contributed by atoms with Gasteiger partial charge < -0.3 is 10.1 Å². The maximum atomic E-state index is 5.76. The first kappa shape index (κ1) is 13.9. The van der Waals surface area contributed by atoms with Crippen LogP contribution in [0.25, 0.3) is 0 Å². The maximum absolute atomic E-state index is 5.76. The molecule has 1 aliphatic heterocycles. The summed E-state index contributed by atoms with van der Waals surface area (Å²) in [4.78, 5) is 2.55. The molecule has 1 N–H and O–H groups in total. The number of nitrogens with zero attached hydrogens (tertiary/aromatic N) is 1. The molecule has 0 aromatic carbocycles. The molecule has 3 nitrogen and oxygen atoms in total. The highest BCUT2D eigenvalue weighted by Crippen LogP contribution is 2.06. The predicted octanol–water partition coefficient (Wildman–Crippen LogP) is 1.88. The van der Waals surface area contributed by atoms with Gasteiger partial charge in [-0.05, 0) is 25.9 Å². The molecule has 0 aliphatic carbocycles. The first-order valence-electron chi connectivity index (χ1n) is 6.91. The van der Waals surface area contributed by atoms with Crippen LogP contribution in [0.1, 0.15) is 39.5 Å². The van der Waals surface area contributed by atoms with Gasteiger partial charge in [-0.1, -0.05) is 26.7 Å². The van der Waals surface area contributed by atoms with Crippen molar-refractivity contribution in [2.45, 2.75) is 45.6 Å². The molecule has 3 heteroatoms. The van der Waals surface area contributed by atoms with Crippen LogP contribution in [-0.4, -0.2) is 50.3 Å². The molecule has 1 fully saturated rings. The molecule has 1 aliphatic rings.